The predicted octanol–water partition coefficient (Wildman–Crippen LogP) is 2.88. The van der Waals surface area contributed by atoms with E-state index in [2.05, 4.69) is 5.32 Å². The van der Waals surface area contributed by atoms with Gasteiger partial charge in [0.05, 0.1) is 12.3 Å². The standard InChI is InChI=1S/C16H13NO4/c1-10(13-7-4-8-20-13)17-15(18)12-9-11-5-2-3-6-14(11)21-16(12)19/h2-10H,1H3,(H,17,18)/t10-/m1/s1. The van der Waals surface area contributed by atoms with Crippen LogP contribution >= 0.6 is 0 Å². The molecule has 0 saturated heterocycles. The summed E-state index contributed by atoms with van der Waals surface area (Å²) >= 11 is 0. The summed E-state index contributed by atoms with van der Waals surface area (Å²) in [4.78, 5) is 24.1. The normalized spacial score (nSPS) is 12.2. The number of carbonyl (C=O) groups is 1. The Kier molecular flexibility index (Phi) is 3.31. The fourth-order valence-corrected chi connectivity index (χ4v) is 2.10. The Labute approximate surface area is 120 Å². The van der Waals surface area contributed by atoms with Crippen LogP contribution in [0.5, 0.6) is 0 Å². The van der Waals surface area contributed by atoms with Crippen molar-refractivity contribution in [2.75, 3.05) is 0 Å². The molecular formula is C16H13NO4. The first-order valence-electron chi connectivity index (χ1n) is 6.52. The lowest BCUT2D eigenvalue weighted by atomic mass is 10.1. The third-order valence-corrected chi connectivity index (χ3v) is 3.20. The maximum Gasteiger partial charge on any atom is 0.349 e. The molecule has 3 rings (SSSR count). The van der Waals surface area contributed by atoms with Crippen LogP contribution in [0.15, 0.2) is 62.4 Å². The van der Waals surface area contributed by atoms with Gasteiger partial charge in [0.2, 0.25) is 0 Å². The molecule has 1 N–H and O–H groups in total. The van der Waals surface area contributed by atoms with Crippen LogP contribution < -0.4 is 10.9 Å². The van der Waals surface area contributed by atoms with E-state index in [0.29, 0.717) is 16.7 Å². The van der Waals surface area contributed by atoms with E-state index in [1.54, 1.807) is 37.3 Å². The van der Waals surface area contributed by atoms with Gasteiger partial charge in [-0.25, -0.2) is 4.79 Å². The molecule has 0 aliphatic carbocycles. The van der Waals surface area contributed by atoms with Gasteiger partial charge in [0.15, 0.2) is 0 Å². The third kappa shape index (κ3) is 2.58. The molecule has 0 saturated carbocycles. The van der Waals surface area contributed by atoms with Crippen LogP contribution in [-0.4, -0.2) is 5.91 Å². The molecule has 0 spiro atoms. The summed E-state index contributed by atoms with van der Waals surface area (Å²) < 4.78 is 10.4. The third-order valence-electron chi connectivity index (χ3n) is 3.20. The van der Waals surface area contributed by atoms with Gasteiger partial charge in [0.25, 0.3) is 5.91 Å². The van der Waals surface area contributed by atoms with Crippen LogP contribution in [-0.2, 0) is 0 Å². The number of hydrogen-bond acceptors (Lipinski definition) is 4. The van der Waals surface area contributed by atoms with Crippen LogP contribution in [0.3, 0.4) is 0 Å². The van der Waals surface area contributed by atoms with Crippen molar-refractivity contribution in [3.63, 3.8) is 0 Å². The number of furan rings is 1. The highest BCUT2D eigenvalue weighted by Gasteiger charge is 2.17. The Bertz CT molecular complexity index is 833. The van der Waals surface area contributed by atoms with Gasteiger partial charge >= 0.3 is 5.63 Å². The van der Waals surface area contributed by atoms with E-state index in [0.717, 1.165) is 0 Å². The highest BCUT2D eigenvalue weighted by Crippen LogP contribution is 2.15. The zero-order chi connectivity index (χ0) is 14.8. The minimum atomic E-state index is -0.655. The van der Waals surface area contributed by atoms with Crippen LogP contribution in [0.2, 0.25) is 0 Å². The smallest absolute Gasteiger partial charge is 0.349 e. The Hall–Kier alpha value is -2.82. The predicted molar refractivity (Wildman–Crippen MR) is 77.1 cm³/mol. The van der Waals surface area contributed by atoms with Gasteiger partial charge in [0, 0.05) is 5.39 Å². The second kappa shape index (κ2) is 5.28. The SMILES string of the molecule is C[C@@H](NC(=O)c1cc2ccccc2oc1=O)c1ccco1. The second-order valence-electron chi connectivity index (χ2n) is 4.70. The molecule has 0 radical (unpaired) electrons. The molecule has 5 nitrogen and oxygen atoms in total. The molecule has 1 amide bonds. The molecule has 0 fully saturated rings. The zero-order valence-electron chi connectivity index (χ0n) is 11.3. The molecule has 1 aromatic carbocycles. The fraction of sp³-hybridized carbons (Fsp3) is 0.125. The Morgan fingerprint density at radius 3 is 2.76 bits per heavy atom. The van der Waals surface area contributed by atoms with Crippen molar-refractivity contribution in [2.24, 2.45) is 0 Å². The summed E-state index contributed by atoms with van der Waals surface area (Å²) in [6.45, 7) is 1.78. The maximum atomic E-state index is 12.2. The van der Waals surface area contributed by atoms with Crippen molar-refractivity contribution >= 4 is 16.9 Å². The van der Waals surface area contributed by atoms with Crippen LogP contribution in [0.25, 0.3) is 11.0 Å². The largest absolute Gasteiger partial charge is 0.467 e. The molecular weight excluding hydrogens is 270 g/mol. The molecule has 0 aliphatic heterocycles. The summed E-state index contributed by atoms with van der Waals surface area (Å²) in [7, 11) is 0. The zero-order valence-corrected chi connectivity index (χ0v) is 11.3. The number of nitrogens with one attached hydrogen (secondary N) is 1. The molecule has 5 heteroatoms. The summed E-state index contributed by atoms with van der Waals surface area (Å²) in [5, 5.41) is 3.41. The molecule has 1 atom stereocenters. The van der Waals surface area contributed by atoms with Crippen LogP contribution in [0.4, 0.5) is 0 Å². The van der Waals surface area contributed by atoms with Crippen molar-refractivity contribution in [3.05, 3.63) is 70.5 Å². The number of carbonyl (C=O) groups excluding carboxylic acids is 1. The summed E-state index contributed by atoms with van der Waals surface area (Å²) in [6, 6.07) is 11.7. The summed E-state index contributed by atoms with van der Waals surface area (Å²) in [6.07, 6.45) is 1.53. The average Bonchev–Trinajstić information content (AvgIpc) is 3.00. The van der Waals surface area contributed by atoms with E-state index < -0.39 is 11.5 Å². The second-order valence-corrected chi connectivity index (χ2v) is 4.70. The number of hydrogen-bond donors (Lipinski definition) is 1. The van der Waals surface area contributed by atoms with Crippen molar-refractivity contribution < 1.29 is 13.6 Å². The van der Waals surface area contributed by atoms with Gasteiger partial charge in [-0.05, 0) is 31.2 Å². The molecule has 2 heterocycles. The van der Waals surface area contributed by atoms with Crippen molar-refractivity contribution in [1.29, 1.82) is 0 Å². The highest BCUT2D eigenvalue weighted by atomic mass is 16.4. The lowest BCUT2D eigenvalue weighted by Crippen LogP contribution is -2.30. The molecule has 0 bridgehead atoms. The highest BCUT2D eigenvalue weighted by molar-refractivity contribution is 5.96. The summed E-state index contributed by atoms with van der Waals surface area (Å²) in [5.74, 6) is 0.131. The number of rotatable bonds is 3. The fourth-order valence-electron chi connectivity index (χ4n) is 2.10. The van der Waals surface area contributed by atoms with E-state index in [-0.39, 0.29) is 11.6 Å². The molecule has 106 valence electrons. The lowest BCUT2D eigenvalue weighted by molar-refractivity contribution is 0.0932. The Morgan fingerprint density at radius 2 is 2.00 bits per heavy atom. The van der Waals surface area contributed by atoms with E-state index >= 15 is 0 Å². The van der Waals surface area contributed by atoms with Gasteiger partial charge < -0.3 is 14.2 Å². The average molecular weight is 283 g/mol. The number of amides is 1. The van der Waals surface area contributed by atoms with Crippen molar-refractivity contribution in [2.45, 2.75) is 13.0 Å². The van der Waals surface area contributed by atoms with Gasteiger partial charge in [0.1, 0.15) is 16.9 Å². The Balaban J connectivity index is 1.91. The van der Waals surface area contributed by atoms with E-state index in [9.17, 15) is 9.59 Å². The van der Waals surface area contributed by atoms with E-state index in [4.69, 9.17) is 8.83 Å². The first kappa shape index (κ1) is 13.2. The van der Waals surface area contributed by atoms with Gasteiger partial charge in [-0.15, -0.1) is 0 Å². The minimum absolute atomic E-state index is 0.0212. The molecule has 3 aromatic rings. The van der Waals surface area contributed by atoms with E-state index in [1.807, 2.05) is 6.07 Å². The van der Waals surface area contributed by atoms with Gasteiger partial charge in [-0.1, -0.05) is 18.2 Å². The summed E-state index contributed by atoms with van der Waals surface area (Å²) in [5.41, 5.74) is -0.219. The first-order valence-corrected chi connectivity index (χ1v) is 6.52. The number of benzene rings is 1. The number of fused-ring (bicyclic) bond motifs is 1. The van der Waals surface area contributed by atoms with Crippen LogP contribution in [0, 0.1) is 0 Å². The lowest BCUT2D eigenvalue weighted by Gasteiger charge is -2.10. The molecule has 2 aromatic heterocycles. The van der Waals surface area contributed by atoms with Crippen molar-refractivity contribution in [1.82, 2.24) is 5.32 Å². The number of para-hydroxylation sites is 1. The Morgan fingerprint density at radius 1 is 1.19 bits per heavy atom. The van der Waals surface area contributed by atoms with Gasteiger partial charge in [-0.3, -0.25) is 4.79 Å². The molecule has 21 heavy (non-hydrogen) atoms. The minimum Gasteiger partial charge on any atom is -0.467 e. The molecule has 0 unspecified atom stereocenters. The monoisotopic (exact) mass is 283 g/mol. The van der Waals surface area contributed by atoms with Crippen LogP contribution in [0.1, 0.15) is 29.1 Å². The van der Waals surface area contributed by atoms with Crippen molar-refractivity contribution in [3.8, 4) is 0 Å². The first-order chi connectivity index (χ1) is 10.1. The molecule has 0 aliphatic rings. The van der Waals surface area contributed by atoms with E-state index in [1.165, 1.54) is 12.3 Å². The topological polar surface area (TPSA) is 72.5 Å². The van der Waals surface area contributed by atoms with Gasteiger partial charge in [-0.2, -0.15) is 0 Å². The maximum absolute atomic E-state index is 12.2. The quantitative estimate of drug-likeness (QED) is 0.750.